The van der Waals surface area contributed by atoms with Crippen LogP contribution in [0.15, 0.2) is 36.5 Å². The Balaban J connectivity index is 2.25. The highest BCUT2D eigenvalue weighted by Gasteiger charge is 2.06. The highest BCUT2D eigenvalue weighted by molar-refractivity contribution is 7.98. The average molecular weight is 232 g/mol. The molecule has 0 aliphatic rings. The van der Waals surface area contributed by atoms with Crippen molar-refractivity contribution in [1.29, 1.82) is 0 Å². The molecule has 0 aliphatic carbocycles. The third-order valence-electron chi connectivity index (χ3n) is 2.67. The lowest BCUT2D eigenvalue weighted by Crippen LogP contribution is -2.11. The van der Waals surface area contributed by atoms with Gasteiger partial charge in [0.05, 0.1) is 5.52 Å². The number of pyridine rings is 1. The first kappa shape index (κ1) is 11.4. The normalized spacial score (nSPS) is 12.9. The molecule has 1 aromatic heterocycles. The number of hydrogen-bond donors (Lipinski definition) is 1. The van der Waals surface area contributed by atoms with E-state index in [2.05, 4.69) is 23.4 Å². The quantitative estimate of drug-likeness (QED) is 0.880. The van der Waals surface area contributed by atoms with Crippen LogP contribution in [0.2, 0.25) is 0 Å². The third-order valence-corrected chi connectivity index (χ3v) is 3.32. The van der Waals surface area contributed by atoms with Gasteiger partial charge in [0.1, 0.15) is 0 Å². The van der Waals surface area contributed by atoms with Gasteiger partial charge in [0.2, 0.25) is 0 Å². The fourth-order valence-electron chi connectivity index (χ4n) is 1.70. The van der Waals surface area contributed by atoms with Gasteiger partial charge in [-0.2, -0.15) is 11.8 Å². The fourth-order valence-corrected chi connectivity index (χ4v) is 2.19. The van der Waals surface area contributed by atoms with Crippen LogP contribution in [0.25, 0.3) is 10.9 Å². The highest BCUT2D eigenvalue weighted by Crippen LogP contribution is 2.19. The van der Waals surface area contributed by atoms with E-state index >= 15 is 0 Å². The van der Waals surface area contributed by atoms with Crippen molar-refractivity contribution in [2.45, 2.75) is 12.5 Å². The summed E-state index contributed by atoms with van der Waals surface area (Å²) in [6.45, 7) is 0. The molecule has 0 amide bonds. The second-order valence-electron chi connectivity index (χ2n) is 3.85. The maximum absolute atomic E-state index is 6.12. The largest absolute Gasteiger partial charge is 0.324 e. The van der Waals surface area contributed by atoms with E-state index in [9.17, 15) is 0 Å². The molecular formula is C13H16N2S. The van der Waals surface area contributed by atoms with E-state index in [0.717, 1.165) is 23.3 Å². The van der Waals surface area contributed by atoms with Crippen molar-refractivity contribution in [3.63, 3.8) is 0 Å². The molecule has 0 saturated carbocycles. The number of fused-ring (bicyclic) bond motifs is 1. The van der Waals surface area contributed by atoms with Gasteiger partial charge in [-0.05, 0) is 36.1 Å². The van der Waals surface area contributed by atoms with E-state index in [1.54, 1.807) is 0 Å². The molecule has 0 bridgehead atoms. The second-order valence-corrected chi connectivity index (χ2v) is 4.83. The van der Waals surface area contributed by atoms with Crippen molar-refractivity contribution in [2.24, 2.45) is 5.73 Å². The zero-order valence-corrected chi connectivity index (χ0v) is 10.2. The Morgan fingerprint density at radius 2 is 2.19 bits per heavy atom. The third kappa shape index (κ3) is 2.54. The van der Waals surface area contributed by atoms with Gasteiger partial charge in [-0.3, -0.25) is 4.98 Å². The Kier molecular flexibility index (Phi) is 3.80. The summed E-state index contributed by atoms with van der Waals surface area (Å²) in [5.41, 5.74) is 8.28. The summed E-state index contributed by atoms with van der Waals surface area (Å²) in [5.74, 6) is 1.09. The Bertz CT molecular complexity index is 470. The van der Waals surface area contributed by atoms with Gasteiger partial charge < -0.3 is 5.73 Å². The first-order valence-corrected chi connectivity index (χ1v) is 6.80. The van der Waals surface area contributed by atoms with Crippen LogP contribution < -0.4 is 5.73 Å². The first-order chi connectivity index (χ1) is 7.81. The summed E-state index contributed by atoms with van der Waals surface area (Å²) >= 11 is 1.83. The van der Waals surface area contributed by atoms with Crippen LogP contribution in [0.4, 0.5) is 0 Å². The van der Waals surface area contributed by atoms with E-state index in [4.69, 9.17) is 5.73 Å². The molecule has 1 unspecified atom stereocenters. The fraction of sp³-hybridized carbons (Fsp3) is 0.308. The molecule has 0 saturated heterocycles. The van der Waals surface area contributed by atoms with E-state index < -0.39 is 0 Å². The van der Waals surface area contributed by atoms with Gasteiger partial charge in [-0.1, -0.05) is 18.2 Å². The Labute approximate surface area is 100 Å². The van der Waals surface area contributed by atoms with Gasteiger partial charge >= 0.3 is 0 Å². The molecule has 3 heteroatoms. The maximum Gasteiger partial charge on any atom is 0.0702 e. The minimum Gasteiger partial charge on any atom is -0.324 e. The average Bonchev–Trinajstić information content (AvgIpc) is 2.35. The van der Waals surface area contributed by atoms with Crippen molar-refractivity contribution < 1.29 is 0 Å². The Morgan fingerprint density at radius 1 is 1.38 bits per heavy atom. The number of hydrogen-bond acceptors (Lipinski definition) is 3. The minimum atomic E-state index is 0.101. The molecule has 0 radical (unpaired) electrons. The van der Waals surface area contributed by atoms with E-state index in [1.165, 1.54) is 5.39 Å². The summed E-state index contributed by atoms with van der Waals surface area (Å²) in [7, 11) is 0. The zero-order valence-electron chi connectivity index (χ0n) is 9.39. The molecule has 1 aromatic carbocycles. The van der Waals surface area contributed by atoms with Crippen LogP contribution in [0.3, 0.4) is 0 Å². The monoisotopic (exact) mass is 232 g/mol. The van der Waals surface area contributed by atoms with Crippen LogP contribution in [0.1, 0.15) is 18.0 Å². The maximum atomic E-state index is 6.12. The molecule has 1 heterocycles. The number of para-hydroxylation sites is 1. The number of nitrogens with zero attached hydrogens (tertiary/aromatic N) is 1. The number of nitrogens with two attached hydrogens (primary N) is 1. The van der Waals surface area contributed by atoms with Crippen LogP contribution in [0, 0.1) is 0 Å². The summed E-state index contributed by atoms with van der Waals surface area (Å²) in [6, 6.07) is 10.4. The van der Waals surface area contributed by atoms with Gasteiger partial charge in [0, 0.05) is 17.6 Å². The zero-order chi connectivity index (χ0) is 11.4. The van der Waals surface area contributed by atoms with E-state index in [1.807, 2.05) is 36.2 Å². The Morgan fingerprint density at radius 3 is 3.00 bits per heavy atom. The molecule has 2 nitrogen and oxygen atoms in total. The van der Waals surface area contributed by atoms with Crippen molar-refractivity contribution in [2.75, 3.05) is 12.0 Å². The SMILES string of the molecule is CSCCC(N)c1cnc2ccccc2c1. The second kappa shape index (κ2) is 5.32. The lowest BCUT2D eigenvalue weighted by atomic mass is 10.1. The van der Waals surface area contributed by atoms with Crippen molar-refractivity contribution >= 4 is 22.7 Å². The number of rotatable bonds is 4. The molecular weight excluding hydrogens is 216 g/mol. The molecule has 1 atom stereocenters. The molecule has 84 valence electrons. The van der Waals surface area contributed by atoms with Crippen molar-refractivity contribution in [3.8, 4) is 0 Å². The Hall–Kier alpha value is -1.06. The van der Waals surface area contributed by atoms with E-state index in [-0.39, 0.29) is 6.04 Å². The van der Waals surface area contributed by atoms with Crippen molar-refractivity contribution in [1.82, 2.24) is 4.98 Å². The summed E-state index contributed by atoms with van der Waals surface area (Å²) in [5, 5.41) is 1.17. The number of thioether (sulfide) groups is 1. The topological polar surface area (TPSA) is 38.9 Å². The molecule has 2 N–H and O–H groups in total. The predicted octanol–water partition coefficient (Wildman–Crippen LogP) is 2.99. The summed E-state index contributed by atoms with van der Waals surface area (Å²) in [4.78, 5) is 4.42. The lowest BCUT2D eigenvalue weighted by Gasteiger charge is -2.11. The first-order valence-electron chi connectivity index (χ1n) is 5.40. The predicted molar refractivity (Wildman–Crippen MR) is 71.7 cm³/mol. The number of benzene rings is 1. The van der Waals surface area contributed by atoms with Crippen LogP contribution >= 0.6 is 11.8 Å². The summed E-state index contributed by atoms with van der Waals surface area (Å²) in [6.07, 6.45) is 5.00. The minimum absolute atomic E-state index is 0.101. The van der Waals surface area contributed by atoms with Gasteiger partial charge in [-0.25, -0.2) is 0 Å². The van der Waals surface area contributed by atoms with Crippen LogP contribution in [0.5, 0.6) is 0 Å². The molecule has 2 rings (SSSR count). The van der Waals surface area contributed by atoms with Gasteiger partial charge in [0.15, 0.2) is 0 Å². The molecule has 0 fully saturated rings. The molecule has 0 spiro atoms. The highest BCUT2D eigenvalue weighted by atomic mass is 32.2. The summed E-state index contributed by atoms with van der Waals surface area (Å²) < 4.78 is 0. The number of aromatic nitrogens is 1. The smallest absolute Gasteiger partial charge is 0.0702 e. The molecule has 0 aliphatic heterocycles. The van der Waals surface area contributed by atoms with Crippen molar-refractivity contribution in [3.05, 3.63) is 42.1 Å². The van der Waals surface area contributed by atoms with Gasteiger partial charge in [-0.15, -0.1) is 0 Å². The standard InChI is InChI=1S/C13H16N2S/c1-16-7-6-12(14)11-8-10-4-2-3-5-13(10)15-9-11/h2-5,8-9,12H,6-7,14H2,1H3. The molecule has 16 heavy (non-hydrogen) atoms. The van der Waals surface area contributed by atoms with E-state index in [0.29, 0.717) is 0 Å². The van der Waals surface area contributed by atoms with Crippen LogP contribution in [-0.4, -0.2) is 17.0 Å². The molecule has 2 aromatic rings. The lowest BCUT2D eigenvalue weighted by molar-refractivity contribution is 0.704. The van der Waals surface area contributed by atoms with Crippen LogP contribution in [-0.2, 0) is 0 Å². The van der Waals surface area contributed by atoms with Gasteiger partial charge in [0.25, 0.3) is 0 Å².